The van der Waals surface area contributed by atoms with Crippen molar-refractivity contribution in [3.8, 4) is 5.75 Å². The first-order valence-corrected chi connectivity index (χ1v) is 4.32. The maximum absolute atomic E-state index is 5.08. The van der Waals surface area contributed by atoms with Crippen molar-refractivity contribution in [2.75, 3.05) is 7.11 Å². The Labute approximate surface area is 124 Å². The Balaban J connectivity index is 0. The van der Waals surface area contributed by atoms with Gasteiger partial charge in [-0.3, -0.25) is 0 Å². The van der Waals surface area contributed by atoms with Crippen LogP contribution in [0.25, 0.3) is 5.57 Å². The number of ether oxygens (including phenoxy) is 1. The minimum atomic E-state index is 0. The number of hydrogen-bond acceptors (Lipinski definition) is 1. The van der Waals surface area contributed by atoms with Crippen molar-refractivity contribution in [2.24, 2.45) is 0 Å². The van der Waals surface area contributed by atoms with Gasteiger partial charge in [0, 0.05) is 0 Å². The molecule has 0 unspecified atom stereocenters. The van der Waals surface area contributed by atoms with Crippen molar-refractivity contribution in [3.05, 3.63) is 48.1 Å². The molecule has 1 nitrogen and oxygen atoms in total. The van der Waals surface area contributed by atoms with Gasteiger partial charge in [-0.15, -0.1) is 23.8 Å². The van der Waals surface area contributed by atoms with Crippen LogP contribution in [0, 0.1) is 6.08 Å². The topological polar surface area (TPSA) is 9.23 Å². The van der Waals surface area contributed by atoms with E-state index >= 15 is 0 Å². The molecule has 0 atom stereocenters. The van der Waals surface area contributed by atoms with E-state index in [4.69, 9.17) is 4.74 Å². The van der Waals surface area contributed by atoms with Crippen LogP contribution >= 0.6 is 0 Å². The van der Waals surface area contributed by atoms with Crippen molar-refractivity contribution < 1.29 is 51.3 Å². The summed E-state index contributed by atoms with van der Waals surface area (Å²) in [7, 11) is 1.68. The molecule has 0 aromatic heterocycles. The number of allylic oxidation sites excluding steroid dienone is 4. The van der Waals surface area contributed by atoms with Gasteiger partial charge in [-0.05, 0) is 12.1 Å². The summed E-state index contributed by atoms with van der Waals surface area (Å²) < 4.78 is 5.08. The van der Waals surface area contributed by atoms with Gasteiger partial charge in [0.05, 0.1) is 7.11 Å². The first-order valence-electron chi connectivity index (χ1n) is 4.32. The number of methoxy groups -OCH3 is 1. The molecule has 0 fully saturated rings. The summed E-state index contributed by atoms with van der Waals surface area (Å²) in [6, 6.07) is 8.04. The number of halogens is 2. The molecular weight excluding hydrogens is 279 g/mol. The molecule has 0 amide bonds. The zero-order chi connectivity index (χ0) is 9.10. The van der Waals surface area contributed by atoms with E-state index in [0.29, 0.717) is 0 Å². The van der Waals surface area contributed by atoms with E-state index in [1.54, 1.807) is 7.11 Å². The maximum atomic E-state index is 5.08. The third-order valence-electron chi connectivity index (χ3n) is 2.10. The van der Waals surface area contributed by atoms with Crippen LogP contribution < -0.4 is 29.6 Å². The van der Waals surface area contributed by atoms with Crippen LogP contribution in [0.2, 0.25) is 0 Å². The molecule has 1 aromatic rings. The third-order valence-corrected chi connectivity index (χ3v) is 2.10. The summed E-state index contributed by atoms with van der Waals surface area (Å²) in [5.41, 5.74) is 2.39. The Morgan fingerprint density at radius 1 is 1.12 bits per heavy atom. The zero-order valence-corrected chi connectivity index (χ0v) is 11.9. The van der Waals surface area contributed by atoms with E-state index in [2.05, 4.69) is 30.4 Å². The van der Waals surface area contributed by atoms with Gasteiger partial charge < -0.3 is 29.6 Å². The second-order valence-electron chi connectivity index (χ2n) is 2.93. The van der Waals surface area contributed by atoms with Crippen molar-refractivity contribution >= 4 is 5.57 Å². The molecule has 2 rings (SSSR count). The van der Waals surface area contributed by atoms with Gasteiger partial charge in [-0.2, -0.15) is 17.7 Å². The number of benzene rings is 1. The van der Waals surface area contributed by atoms with Gasteiger partial charge in [0.1, 0.15) is 5.75 Å². The summed E-state index contributed by atoms with van der Waals surface area (Å²) in [5.74, 6) is 0.895. The Morgan fingerprint density at radius 3 is 2.19 bits per heavy atom. The Hall–Kier alpha value is -0.206. The number of rotatable bonds is 2. The van der Waals surface area contributed by atoms with Crippen LogP contribution in [0.1, 0.15) is 12.0 Å². The average Bonchev–Trinajstić information content (AvgIpc) is 2.71. The predicted molar refractivity (Wildman–Crippen MR) is 53.4 cm³/mol. The van der Waals surface area contributed by atoms with Crippen molar-refractivity contribution in [3.63, 3.8) is 0 Å². The van der Waals surface area contributed by atoms with E-state index in [9.17, 15) is 0 Å². The van der Waals surface area contributed by atoms with Crippen LogP contribution in [0.3, 0.4) is 0 Å². The second kappa shape index (κ2) is 8.89. The molecule has 4 heteroatoms. The molecule has 0 saturated heterocycles. The first-order chi connectivity index (χ1) is 6.40. The SMILES string of the molecule is COc1ccc(C2=[C-]CC=C2)cc1.[Cl-].[Cl-].[Ti+3]. The minimum absolute atomic E-state index is 0. The second-order valence-corrected chi connectivity index (χ2v) is 2.93. The molecule has 1 aliphatic rings. The molecule has 0 N–H and O–H groups in total. The zero-order valence-electron chi connectivity index (χ0n) is 8.84. The molecule has 0 saturated carbocycles. The third kappa shape index (κ3) is 4.35. The quantitative estimate of drug-likeness (QED) is 0.413. The molecule has 1 aromatic carbocycles. The fourth-order valence-electron chi connectivity index (χ4n) is 1.37. The Kier molecular flexibility index (Phi) is 10.1. The number of hydrogen-bond donors (Lipinski definition) is 0. The van der Waals surface area contributed by atoms with Crippen molar-refractivity contribution in [2.45, 2.75) is 6.42 Å². The van der Waals surface area contributed by atoms with Gasteiger partial charge in [-0.1, -0.05) is 6.42 Å². The van der Waals surface area contributed by atoms with Crippen LogP contribution in [0.4, 0.5) is 0 Å². The minimum Gasteiger partial charge on any atom is -1.00 e. The van der Waals surface area contributed by atoms with E-state index < -0.39 is 0 Å². The molecule has 0 aliphatic heterocycles. The van der Waals surface area contributed by atoms with Gasteiger partial charge in [0.25, 0.3) is 0 Å². The molecule has 1 radical (unpaired) electrons. The van der Waals surface area contributed by atoms with E-state index in [0.717, 1.165) is 12.2 Å². The van der Waals surface area contributed by atoms with Crippen LogP contribution in [0.5, 0.6) is 5.75 Å². The molecule has 0 spiro atoms. The fraction of sp³-hybridized carbons (Fsp3) is 0.167. The predicted octanol–water partition coefficient (Wildman–Crippen LogP) is -3.15. The average molecular weight is 290 g/mol. The molecule has 1 aliphatic carbocycles. The standard InChI is InChI=1S/C12H11O.2ClH.Ti/c1-13-12-8-6-11(7-9-12)10-4-2-3-5-10;;;/h2,4,6-9H,3H2,1H3;2*1H;/q-1;;;+3/p-2. The van der Waals surface area contributed by atoms with Gasteiger partial charge in [0.2, 0.25) is 0 Å². The van der Waals surface area contributed by atoms with Gasteiger partial charge in [0.15, 0.2) is 0 Å². The molecule has 83 valence electrons. The van der Waals surface area contributed by atoms with Crippen molar-refractivity contribution in [1.82, 2.24) is 0 Å². The fourth-order valence-corrected chi connectivity index (χ4v) is 1.37. The largest absolute Gasteiger partial charge is 3.00 e. The van der Waals surface area contributed by atoms with E-state index in [-0.39, 0.29) is 46.5 Å². The monoisotopic (exact) mass is 289 g/mol. The molecule has 0 bridgehead atoms. The van der Waals surface area contributed by atoms with Crippen molar-refractivity contribution in [1.29, 1.82) is 0 Å². The Bertz CT molecular complexity index is 358. The summed E-state index contributed by atoms with van der Waals surface area (Å²) in [6.07, 6.45) is 8.42. The first kappa shape index (κ1) is 18.2. The summed E-state index contributed by atoms with van der Waals surface area (Å²) >= 11 is 0. The summed E-state index contributed by atoms with van der Waals surface area (Å²) in [6.45, 7) is 0. The van der Waals surface area contributed by atoms with Crippen LogP contribution in [0.15, 0.2) is 36.4 Å². The summed E-state index contributed by atoms with van der Waals surface area (Å²) in [5, 5.41) is 0. The van der Waals surface area contributed by atoms with Gasteiger partial charge in [-0.25, -0.2) is 0 Å². The summed E-state index contributed by atoms with van der Waals surface area (Å²) in [4.78, 5) is 0. The van der Waals surface area contributed by atoms with E-state index in [1.807, 2.05) is 12.1 Å². The molecular formula is C12H11Cl2OTi. The van der Waals surface area contributed by atoms with Crippen LogP contribution in [-0.4, -0.2) is 7.11 Å². The maximum Gasteiger partial charge on any atom is 3.00 e. The smallest absolute Gasteiger partial charge is 1.00 e. The molecule has 16 heavy (non-hydrogen) atoms. The Morgan fingerprint density at radius 2 is 1.75 bits per heavy atom. The van der Waals surface area contributed by atoms with Gasteiger partial charge >= 0.3 is 21.7 Å². The van der Waals surface area contributed by atoms with Crippen LogP contribution in [-0.2, 0) is 21.7 Å². The molecule has 0 heterocycles. The normalized spacial score (nSPS) is 11.7. The van der Waals surface area contributed by atoms with E-state index in [1.165, 1.54) is 11.1 Å².